The first-order chi connectivity index (χ1) is 9.28. The highest BCUT2D eigenvalue weighted by Gasteiger charge is 2.23. The van der Waals surface area contributed by atoms with Crippen molar-refractivity contribution in [2.45, 2.75) is 32.7 Å². The molecule has 2 aliphatic heterocycles. The minimum Gasteiger partial charge on any atom is -0.374 e. The maximum atomic E-state index is 12.2. The van der Waals surface area contributed by atoms with Gasteiger partial charge in [0.25, 0.3) is 0 Å². The van der Waals surface area contributed by atoms with Crippen LogP contribution in [0.5, 0.6) is 0 Å². The summed E-state index contributed by atoms with van der Waals surface area (Å²) >= 11 is 0. The zero-order valence-electron chi connectivity index (χ0n) is 11.3. The molecule has 1 unspecified atom stereocenters. The summed E-state index contributed by atoms with van der Waals surface area (Å²) in [4.78, 5) is 14.5. The van der Waals surface area contributed by atoms with E-state index in [-0.39, 0.29) is 11.8 Å². The molecule has 7 nitrogen and oxygen atoms in total. The van der Waals surface area contributed by atoms with E-state index in [9.17, 15) is 4.79 Å². The second-order valence-corrected chi connectivity index (χ2v) is 5.10. The van der Waals surface area contributed by atoms with Gasteiger partial charge in [-0.1, -0.05) is 6.92 Å². The standard InChI is InChI=1S/C12H21N5O2/c1-2-15-5-6-19-10(8-15)9-17-12(18)16-4-3-13-7-11(16)14-17/h10,13H,2-9H2,1H3. The molecule has 0 radical (unpaired) electrons. The number of hydrogen-bond acceptors (Lipinski definition) is 5. The Morgan fingerprint density at radius 3 is 3.16 bits per heavy atom. The van der Waals surface area contributed by atoms with Crippen LogP contribution in [0.15, 0.2) is 4.79 Å². The molecule has 1 atom stereocenters. The first kappa shape index (κ1) is 12.8. The zero-order valence-corrected chi connectivity index (χ0v) is 11.3. The summed E-state index contributed by atoms with van der Waals surface area (Å²) in [5, 5.41) is 7.63. The van der Waals surface area contributed by atoms with Crippen LogP contribution >= 0.6 is 0 Å². The fraction of sp³-hybridized carbons (Fsp3) is 0.833. The van der Waals surface area contributed by atoms with Crippen LogP contribution in [0.3, 0.4) is 0 Å². The molecule has 1 aromatic heterocycles. The Kier molecular flexibility index (Phi) is 3.67. The summed E-state index contributed by atoms with van der Waals surface area (Å²) in [7, 11) is 0. The number of rotatable bonds is 3. The van der Waals surface area contributed by atoms with Crippen molar-refractivity contribution in [2.75, 3.05) is 32.8 Å². The highest BCUT2D eigenvalue weighted by atomic mass is 16.5. The van der Waals surface area contributed by atoms with E-state index in [1.54, 1.807) is 9.25 Å². The minimum absolute atomic E-state index is 0.00581. The van der Waals surface area contributed by atoms with Gasteiger partial charge in [0, 0.05) is 26.2 Å². The predicted molar refractivity (Wildman–Crippen MR) is 70.0 cm³/mol. The Balaban J connectivity index is 1.73. The number of ether oxygens (including phenoxy) is 1. The molecule has 0 aliphatic carbocycles. The monoisotopic (exact) mass is 267 g/mol. The number of fused-ring (bicyclic) bond motifs is 1. The second-order valence-electron chi connectivity index (χ2n) is 5.10. The Morgan fingerprint density at radius 2 is 2.37 bits per heavy atom. The van der Waals surface area contributed by atoms with Crippen LogP contribution in [0, 0.1) is 0 Å². The van der Waals surface area contributed by atoms with Gasteiger partial charge in [-0.2, -0.15) is 5.10 Å². The molecule has 19 heavy (non-hydrogen) atoms. The van der Waals surface area contributed by atoms with Crippen LogP contribution in [0.1, 0.15) is 12.7 Å². The van der Waals surface area contributed by atoms with Gasteiger partial charge in [0.15, 0.2) is 0 Å². The summed E-state index contributed by atoms with van der Waals surface area (Å²) in [6.07, 6.45) is 0.0660. The second kappa shape index (κ2) is 5.44. The van der Waals surface area contributed by atoms with E-state index in [1.165, 1.54) is 0 Å². The average molecular weight is 267 g/mol. The number of morpholine rings is 1. The van der Waals surface area contributed by atoms with Crippen LogP contribution in [-0.4, -0.2) is 58.1 Å². The van der Waals surface area contributed by atoms with Crippen molar-refractivity contribution < 1.29 is 4.74 Å². The molecule has 106 valence electrons. The van der Waals surface area contributed by atoms with E-state index in [0.29, 0.717) is 19.6 Å². The van der Waals surface area contributed by atoms with E-state index < -0.39 is 0 Å². The largest absolute Gasteiger partial charge is 0.374 e. The third-order valence-electron chi connectivity index (χ3n) is 3.84. The van der Waals surface area contributed by atoms with Crippen LogP contribution in [-0.2, 0) is 24.4 Å². The molecule has 3 heterocycles. The number of hydrogen-bond donors (Lipinski definition) is 1. The van der Waals surface area contributed by atoms with Crippen LogP contribution in [0.4, 0.5) is 0 Å². The van der Waals surface area contributed by atoms with E-state index in [2.05, 4.69) is 22.2 Å². The maximum absolute atomic E-state index is 12.2. The van der Waals surface area contributed by atoms with Crippen molar-refractivity contribution in [3.63, 3.8) is 0 Å². The van der Waals surface area contributed by atoms with Crippen molar-refractivity contribution in [2.24, 2.45) is 0 Å². The van der Waals surface area contributed by atoms with Crippen LogP contribution in [0.2, 0.25) is 0 Å². The number of likely N-dealkylation sites (N-methyl/N-ethyl adjacent to an activating group) is 1. The number of nitrogens with one attached hydrogen (secondary N) is 1. The highest BCUT2D eigenvalue weighted by molar-refractivity contribution is 4.91. The normalized spacial score (nSPS) is 24.4. The van der Waals surface area contributed by atoms with Gasteiger partial charge >= 0.3 is 5.69 Å². The molecular weight excluding hydrogens is 246 g/mol. The lowest BCUT2D eigenvalue weighted by Gasteiger charge is -2.31. The molecule has 0 aromatic carbocycles. The summed E-state index contributed by atoms with van der Waals surface area (Å²) < 4.78 is 9.06. The molecule has 1 fully saturated rings. The topological polar surface area (TPSA) is 64.3 Å². The maximum Gasteiger partial charge on any atom is 0.346 e. The van der Waals surface area contributed by atoms with Crippen molar-refractivity contribution in [3.05, 3.63) is 16.3 Å². The molecular formula is C12H21N5O2. The molecule has 0 spiro atoms. The van der Waals surface area contributed by atoms with Crippen molar-refractivity contribution in [1.29, 1.82) is 0 Å². The van der Waals surface area contributed by atoms with Gasteiger partial charge in [0.05, 0.1) is 25.8 Å². The summed E-state index contributed by atoms with van der Waals surface area (Å²) in [6.45, 7) is 8.54. The Labute approximate surface area is 112 Å². The fourth-order valence-corrected chi connectivity index (χ4v) is 2.72. The van der Waals surface area contributed by atoms with Gasteiger partial charge in [0.1, 0.15) is 5.82 Å². The SMILES string of the molecule is CCN1CCOC(Cn2nc3n(c2=O)CCNC3)C1. The molecule has 0 amide bonds. The summed E-state index contributed by atoms with van der Waals surface area (Å²) in [5.41, 5.74) is -0.00581. The summed E-state index contributed by atoms with van der Waals surface area (Å²) in [6, 6.07) is 0. The third kappa shape index (κ3) is 2.58. The molecule has 1 aromatic rings. The third-order valence-corrected chi connectivity index (χ3v) is 3.84. The highest BCUT2D eigenvalue weighted by Crippen LogP contribution is 2.07. The smallest absolute Gasteiger partial charge is 0.346 e. The average Bonchev–Trinajstić information content (AvgIpc) is 2.76. The fourth-order valence-electron chi connectivity index (χ4n) is 2.72. The van der Waals surface area contributed by atoms with Crippen molar-refractivity contribution >= 4 is 0 Å². The predicted octanol–water partition coefficient (Wildman–Crippen LogP) is -1.13. The van der Waals surface area contributed by atoms with Gasteiger partial charge in [-0.3, -0.25) is 9.47 Å². The van der Waals surface area contributed by atoms with Crippen molar-refractivity contribution in [3.8, 4) is 0 Å². The van der Waals surface area contributed by atoms with Gasteiger partial charge in [0.2, 0.25) is 0 Å². The molecule has 1 saturated heterocycles. The van der Waals surface area contributed by atoms with E-state index in [1.807, 2.05) is 0 Å². The lowest BCUT2D eigenvalue weighted by molar-refractivity contribution is -0.0363. The Hall–Kier alpha value is -1.18. The molecule has 0 bridgehead atoms. The van der Waals surface area contributed by atoms with Crippen LogP contribution < -0.4 is 11.0 Å². The number of nitrogens with zero attached hydrogens (tertiary/aromatic N) is 4. The first-order valence-corrected chi connectivity index (χ1v) is 6.99. The van der Waals surface area contributed by atoms with E-state index in [0.717, 1.165) is 38.6 Å². The Morgan fingerprint density at radius 1 is 1.47 bits per heavy atom. The number of aromatic nitrogens is 3. The summed E-state index contributed by atoms with van der Waals surface area (Å²) in [5.74, 6) is 0.833. The minimum atomic E-state index is -0.00581. The lowest BCUT2D eigenvalue weighted by Crippen LogP contribution is -2.45. The molecule has 0 saturated carbocycles. The van der Waals surface area contributed by atoms with E-state index >= 15 is 0 Å². The van der Waals surface area contributed by atoms with Crippen LogP contribution in [0.25, 0.3) is 0 Å². The van der Waals surface area contributed by atoms with Gasteiger partial charge in [-0.15, -0.1) is 0 Å². The van der Waals surface area contributed by atoms with Gasteiger partial charge < -0.3 is 10.1 Å². The van der Waals surface area contributed by atoms with E-state index in [4.69, 9.17) is 4.74 Å². The van der Waals surface area contributed by atoms with Gasteiger partial charge in [-0.05, 0) is 6.54 Å². The molecule has 7 heteroatoms. The molecule has 3 rings (SSSR count). The van der Waals surface area contributed by atoms with Gasteiger partial charge in [-0.25, -0.2) is 9.48 Å². The Bertz CT molecular complexity index is 495. The van der Waals surface area contributed by atoms with Crippen molar-refractivity contribution in [1.82, 2.24) is 24.6 Å². The molecule has 1 N–H and O–H groups in total. The zero-order chi connectivity index (χ0) is 13.2. The first-order valence-electron chi connectivity index (χ1n) is 6.99. The molecule has 2 aliphatic rings. The lowest BCUT2D eigenvalue weighted by atomic mass is 10.2. The quantitative estimate of drug-likeness (QED) is 0.751.